The fraction of sp³-hybridized carbons (Fsp3) is 0.677. The van der Waals surface area contributed by atoms with Gasteiger partial charge in [-0.25, -0.2) is 0 Å². The number of carbonyl (C=O) groups excluding carboxylic acids is 1. The lowest BCUT2D eigenvalue weighted by molar-refractivity contribution is -0.146. The molecule has 1 aliphatic rings. The van der Waals surface area contributed by atoms with Crippen molar-refractivity contribution in [3.63, 3.8) is 0 Å². The van der Waals surface area contributed by atoms with Crippen LogP contribution in [0.2, 0.25) is 0 Å². The standard InChI is InChI=1S/C29H44N2O4.CH3F.CH4O/c1-7-34-29(33)13-12-25-16-24(32)17-26(35-25)18-28-27(21(6)31(30-28)20(4)5)15-23-10-8-22(9-11-23)14-19(2)3;2*1-2/h8-11,19-20,24-26,32H,7,12-18H2,1-6H3;1H3;2H,1H3/t24-,25+,26+;;/m0../s1. The number of alkyl halides is 1. The van der Waals surface area contributed by atoms with Crippen LogP contribution in [-0.4, -0.2) is 65.2 Å². The maximum absolute atomic E-state index is 11.8. The topological polar surface area (TPSA) is 93.8 Å². The van der Waals surface area contributed by atoms with E-state index >= 15 is 0 Å². The Kier molecular flexibility index (Phi) is 16.2. The summed E-state index contributed by atoms with van der Waals surface area (Å²) < 4.78 is 23.0. The quantitative estimate of drug-likeness (QED) is 0.356. The first-order valence-electron chi connectivity index (χ1n) is 14.1. The monoisotopic (exact) mass is 550 g/mol. The number of rotatable bonds is 11. The van der Waals surface area contributed by atoms with Crippen LogP contribution in [0.3, 0.4) is 0 Å². The average molecular weight is 551 g/mol. The van der Waals surface area contributed by atoms with Crippen LogP contribution in [0, 0.1) is 12.8 Å². The number of halogens is 1. The summed E-state index contributed by atoms with van der Waals surface area (Å²) in [7, 11) is 1.50. The lowest BCUT2D eigenvalue weighted by Gasteiger charge is -2.33. The van der Waals surface area contributed by atoms with Gasteiger partial charge in [0.25, 0.3) is 0 Å². The molecule has 0 amide bonds. The predicted molar refractivity (Wildman–Crippen MR) is 154 cm³/mol. The highest BCUT2D eigenvalue weighted by Gasteiger charge is 2.30. The number of ether oxygens (including phenoxy) is 2. The second-order valence-corrected chi connectivity index (χ2v) is 10.7. The van der Waals surface area contributed by atoms with Crippen LogP contribution < -0.4 is 0 Å². The number of aromatic nitrogens is 2. The third-order valence-corrected chi connectivity index (χ3v) is 6.75. The van der Waals surface area contributed by atoms with Gasteiger partial charge >= 0.3 is 5.97 Å². The van der Waals surface area contributed by atoms with Crippen molar-refractivity contribution in [1.82, 2.24) is 9.78 Å². The Hall–Kier alpha value is -2.29. The van der Waals surface area contributed by atoms with E-state index in [0.29, 0.717) is 51.8 Å². The summed E-state index contributed by atoms with van der Waals surface area (Å²) >= 11 is 0. The van der Waals surface area contributed by atoms with Gasteiger partial charge in [0.15, 0.2) is 0 Å². The molecule has 2 N–H and O–H groups in total. The molecule has 0 radical (unpaired) electrons. The zero-order valence-electron chi connectivity index (χ0n) is 25.2. The van der Waals surface area contributed by atoms with Crippen LogP contribution in [0.25, 0.3) is 0 Å². The molecular weight excluding hydrogens is 499 g/mol. The summed E-state index contributed by atoms with van der Waals surface area (Å²) in [5.41, 5.74) is 6.14. The summed E-state index contributed by atoms with van der Waals surface area (Å²) in [6.07, 6.45) is 3.94. The Morgan fingerprint density at radius 2 is 1.69 bits per heavy atom. The zero-order chi connectivity index (χ0) is 29.5. The number of carbonyl (C=O) groups is 1. The fourth-order valence-electron chi connectivity index (χ4n) is 5.11. The van der Waals surface area contributed by atoms with E-state index in [1.54, 1.807) is 0 Å². The molecular formula is C31H51FN2O5. The predicted octanol–water partition coefficient (Wildman–Crippen LogP) is 5.55. The molecule has 3 atom stereocenters. The van der Waals surface area contributed by atoms with Crippen molar-refractivity contribution in [2.75, 3.05) is 20.9 Å². The van der Waals surface area contributed by atoms with E-state index < -0.39 is 6.10 Å². The molecule has 1 aliphatic heterocycles. The van der Waals surface area contributed by atoms with Crippen LogP contribution in [0.4, 0.5) is 4.39 Å². The van der Waals surface area contributed by atoms with E-state index in [2.05, 4.69) is 63.6 Å². The number of aliphatic hydroxyl groups excluding tert-OH is 2. The van der Waals surface area contributed by atoms with Gasteiger partial charge in [-0.2, -0.15) is 5.10 Å². The summed E-state index contributed by atoms with van der Waals surface area (Å²) in [4.78, 5) is 11.8. The fourth-order valence-corrected chi connectivity index (χ4v) is 5.11. The first-order valence-corrected chi connectivity index (χ1v) is 14.1. The van der Waals surface area contributed by atoms with E-state index in [-0.39, 0.29) is 24.2 Å². The molecule has 222 valence electrons. The minimum atomic E-state index is -0.425. The van der Waals surface area contributed by atoms with E-state index in [1.807, 2.05) is 6.92 Å². The van der Waals surface area contributed by atoms with E-state index in [9.17, 15) is 14.3 Å². The van der Waals surface area contributed by atoms with Crippen molar-refractivity contribution in [2.24, 2.45) is 5.92 Å². The van der Waals surface area contributed by atoms with Crippen molar-refractivity contribution in [3.05, 3.63) is 52.3 Å². The minimum Gasteiger partial charge on any atom is -0.466 e. The Morgan fingerprint density at radius 3 is 2.26 bits per heavy atom. The highest BCUT2D eigenvalue weighted by Crippen LogP contribution is 2.28. The van der Waals surface area contributed by atoms with Crippen molar-refractivity contribution < 1.29 is 28.9 Å². The van der Waals surface area contributed by atoms with Gasteiger partial charge in [-0.15, -0.1) is 0 Å². The molecule has 8 heteroatoms. The SMILES string of the molecule is CCOC(=O)CC[C@@H]1C[C@H](O)C[C@H](Cc2nn(C(C)C)c(C)c2Cc2ccc(CC(C)C)cc2)O1.CF.CO. The molecule has 2 heterocycles. The molecule has 0 aliphatic carbocycles. The number of nitrogens with zero attached hydrogens (tertiary/aromatic N) is 2. The van der Waals surface area contributed by atoms with Crippen LogP contribution in [0.15, 0.2) is 24.3 Å². The summed E-state index contributed by atoms with van der Waals surface area (Å²) in [5, 5.41) is 22.5. The van der Waals surface area contributed by atoms with Crippen LogP contribution in [-0.2, 0) is 33.5 Å². The lowest BCUT2D eigenvalue weighted by atomic mass is 9.93. The van der Waals surface area contributed by atoms with Gasteiger partial charge < -0.3 is 19.7 Å². The van der Waals surface area contributed by atoms with Crippen molar-refractivity contribution in [1.29, 1.82) is 0 Å². The largest absolute Gasteiger partial charge is 0.466 e. The maximum Gasteiger partial charge on any atom is 0.305 e. The Morgan fingerprint density at radius 1 is 1.10 bits per heavy atom. The van der Waals surface area contributed by atoms with Gasteiger partial charge in [-0.05, 0) is 70.4 Å². The number of hydrogen-bond donors (Lipinski definition) is 2. The molecule has 39 heavy (non-hydrogen) atoms. The summed E-state index contributed by atoms with van der Waals surface area (Å²) in [6, 6.07) is 9.23. The molecule has 0 unspecified atom stereocenters. The molecule has 0 bridgehead atoms. The summed E-state index contributed by atoms with van der Waals surface area (Å²) in [6.45, 7) is 13.1. The van der Waals surface area contributed by atoms with Gasteiger partial charge in [0.05, 0.1) is 37.8 Å². The first kappa shape index (κ1) is 34.7. The molecule has 3 rings (SSSR count). The number of benzene rings is 1. The number of hydrogen-bond acceptors (Lipinski definition) is 6. The van der Waals surface area contributed by atoms with Gasteiger partial charge in [-0.3, -0.25) is 13.9 Å². The normalized spacial score (nSPS) is 18.7. The van der Waals surface area contributed by atoms with Gasteiger partial charge in [-0.1, -0.05) is 38.1 Å². The van der Waals surface area contributed by atoms with Gasteiger partial charge in [0.2, 0.25) is 0 Å². The Balaban J connectivity index is 0.00000181. The van der Waals surface area contributed by atoms with Crippen LogP contribution in [0.1, 0.15) is 94.4 Å². The van der Waals surface area contributed by atoms with Crippen molar-refractivity contribution >= 4 is 5.97 Å². The third kappa shape index (κ3) is 11.4. The molecule has 1 fully saturated rings. The second kappa shape index (κ2) is 18.1. The highest BCUT2D eigenvalue weighted by atomic mass is 19.1. The van der Waals surface area contributed by atoms with Gasteiger partial charge in [0, 0.05) is 43.7 Å². The first-order chi connectivity index (χ1) is 18.7. The molecule has 1 aromatic carbocycles. The van der Waals surface area contributed by atoms with Crippen molar-refractivity contribution in [3.8, 4) is 0 Å². The molecule has 1 saturated heterocycles. The van der Waals surface area contributed by atoms with Crippen LogP contribution >= 0.6 is 0 Å². The van der Waals surface area contributed by atoms with E-state index in [1.165, 1.54) is 22.4 Å². The van der Waals surface area contributed by atoms with E-state index in [0.717, 1.165) is 25.6 Å². The minimum absolute atomic E-state index is 0.118. The third-order valence-electron chi connectivity index (χ3n) is 6.75. The maximum atomic E-state index is 11.8. The Labute approximate surface area is 234 Å². The van der Waals surface area contributed by atoms with Gasteiger partial charge in [0.1, 0.15) is 0 Å². The molecule has 0 saturated carbocycles. The lowest BCUT2D eigenvalue weighted by Crippen LogP contribution is -2.37. The second-order valence-electron chi connectivity index (χ2n) is 10.7. The van der Waals surface area contributed by atoms with E-state index in [4.69, 9.17) is 19.7 Å². The number of esters is 1. The van der Waals surface area contributed by atoms with Crippen LogP contribution in [0.5, 0.6) is 0 Å². The zero-order valence-corrected chi connectivity index (χ0v) is 25.2. The molecule has 0 spiro atoms. The smallest absolute Gasteiger partial charge is 0.305 e. The summed E-state index contributed by atoms with van der Waals surface area (Å²) in [5.74, 6) is 0.437. The molecule has 2 aromatic rings. The molecule has 7 nitrogen and oxygen atoms in total. The highest BCUT2D eigenvalue weighted by molar-refractivity contribution is 5.69. The molecule has 1 aromatic heterocycles. The average Bonchev–Trinajstić information content (AvgIpc) is 3.20. The van der Waals surface area contributed by atoms with Crippen molar-refractivity contribution in [2.45, 2.75) is 111 Å². The number of aliphatic hydroxyl groups is 2. The Bertz CT molecular complexity index is 959.